The third kappa shape index (κ3) is 5.27. The molecule has 0 bridgehead atoms. The molecular weight excluding hydrogens is 470 g/mol. The van der Waals surface area contributed by atoms with Gasteiger partial charge in [0.15, 0.2) is 0 Å². The van der Waals surface area contributed by atoms with E-state index in [0.29, 0.717) is 66.1 Å². The number of esters is 1. The molecule has 1 aliphatic rings. The van der Waals surface area contributed by atoms with E-state index < -0.39 is 0 Å². The van der Waals surface area contributed by atoms with E-state index in [-0.39, 0.29) is 17.8 Å². The highest BCUT2D eigenvalue weighted by molar-refractivity contribution is 6.30. The maximum absolute atomic E-state index is 13.6. The molecule has 0 spiro atoms. The molecule has 0 unspecified atom stereocenters. The van der Waals surface area contributed by atoms with Crippen molar-refractivity contribution in [1.82, 2.24) is 14.7 Å². The summed E-state index contributed by atoms with van der Waals surface area (Å²) in [5.41, 5.74) is 2.37. The van der Waals surface area contributed by atoms with Crippen LogP contribution in [-0.4, -0.2) is 60.5 Å². The van der Waals surface area contributed by atoms with Crippen LogP contribution in [0, 0.1) is 5.92 Å². The van der Waals surface area contributed by atoms with Crippen molar-refractivity contribution in [1.29, 1.82) is 0 Å². The number of benzene rings is 2. The maximum atomic E-state index is 13.6. The Morgan fingerprint density at radius 1 is 1.06 bits per heavy atom. The van der Waals surface area contributed by atoms with Gasteiger partial charge >= 0.3 is 5.97 Å². The standard InChI is InChI=1S/C26H28ClN3O5/c1-4-35-26(32)17-10-12-29(13-11-17)25(31)23-16-22(21-9-8-20(33-2)15-24(21)34-3)28-30(23)19-7-5-6-18(27)14-19/h5-9,14-17H,4,10-13H2,1-3H3. The molecule has 9 heteroatoms. The van der Waals surface area contributed by atoms with Crippen LogP contribution in [0.4, 0.5) is 0 Å². The van der Waals surface area contributed by atoms with Crippen molar-refractivity contribution >= 4 is 23.5 Å². The molecule has 0 radical (unpaired) electrons. The maximum Gasteiger partial charge on any atom is 0.309 e. The third-order valence-corrected chi connectivity index (χ3v) is 6.30. The van der Waals surface area contributed by atoms with Crippen LogP contribution in [0.3, 0.4) is 0 Å². The zero-order valence-corrected chi connectivity index (χ0v) is 20.7. The largest absolute Gasteiger partial charge is 0.497 e. The number of ether oxygens (including phenoxy) is 3. The summed E-state index contributed by atoms with van der Waals surface area (Å²) in [5.74, 6) is 0.682. The Balaban J connectivity index is 1.69. The Kier molecular flexibility index (Phi) is 7.60. The fourth-order valence-corrected chi connectivity index (χ4v) is 4.40. The summed E-state index contributed by atoms with van der Waals surface area (Å²) in [6, 6.07) is 14.4. The van der Waals surface area contributed by atoms with Gasteiger partial charge in [-0.25, -0.2) is 4.68 Å². The molecule has 1 fully saturated rings. The van der Waals surface area contributed by atoms with Crippen LogP contribution >= 0.6 is 11.6 Å². The molecule has 4 rings (SSSR count). The van der Waals surface area contributed by atoms with Gasteiger partial charge in [-0.15, -0.1) is 0 Å². The molecule has 0 saturated carbocycles. The highest BCUT2D eigenvalue weighted by Gasteiger charge is 2.31. The second-order valence-electron chi connectivity index (χ2n) is 8.19. The molecule has 0 atom stereocenters. The monoisotopic (exact) mass is 497 g/mol. The number of hydrogen-bond acceptors (Lipinski definition) is 6. The predicted octanol–water partition coefficient (Wildman–Crippen LogP) is 4.63. The second kappa shape index (κ2) is 10.8. The minimum Gasteiger partial charge on any atom is -0.497 e. The number of rotatable bonds is 7. The van der Waals surface area contributed by atoms with Gasteiger partial charge in [-0.1, -0.05) is 17.7 Å². The molecule has 2 aromatic carbocycles. The molecule has 184 valence electrons. The molecule has 35 heavy (non-hydrogen) atoms. The number of halogens is 1. The summed E-state index contributed by atoms with van der Waals surface area (Å²) in [6.07, 6.45) is 1.13. The molecule has 8 nitrogen and oxygen atoms in total. The summed E-state index contributed by atoms with van der Waals surface area (Å²) >= 11 is 6.24. The van der Waals surface area contributed by atoms with Crippen LogP contribution in [0.1, 0.15) is 30.3 Å². The Hall–Kier alpha value is -3.52. The number of piperidine rings is 1. The van der Waals surface area contributed by atoms with Gasteiger partial charge in [-0.05, 0) is 56.2 Å². The average molecular weight is 498 g/mol. The Morgan fingerprint density at radius 3 is 2.49 bits per heavy atom. The van der Waals surface area contributed by atoms with E-state index >= 15 is 0 Å². The minimum atomic E-state index is -0.197. The van der Waals surface area contributed by atoms with Crippen LogP contribution in [0.2, 0.25) is 5.02 Å². The molecule has 0 N–H and O–H groups in total. The SMILES string of the molecule is CCOC(=O)C1CCN(C(=O)c2cc(-c3ccc(OC)cc3OC)nn2-c2cccc(Cl)c2)CC1. The van der Waals surface area contributed by atoms with Crippen molar-refractivity contribution < 1.29 is 23.8 Å². The predicted molar refractivity (Wildman–Crippen MR) is 132 cm³/mol. The van der Waals surface area contributed by atoms with Gasteiger partial charge in [0.1, 0.15) is 17.2 Å². The normalized spacial score (nSPS) is 14.0. The number of amides is 1. The number of carbonyl (C=O) groups is 2. The molecule has 1 amide bonds. The van der Waals surface area contributed by atoms with Crippen LogP contribution in [0.15, 0.2) is 48.5 Å². The number of aromatic nitrogens is 2. The highest BCUT2D eigenvalue weighted by Crippen LogP contribution is 2.34. The van der Waals surface area contributed by atoms with Gasteiger partial charge in [0, 0.05) is 29.7 Å². The van der Waals surface area contributed by atoms with Gasteiger partial charge in [0.2, 0.25) is 0 Å². The third-order valence-electron chi connectivity index (χ3n) is 6.07. The van der Waals surface area contributed by atoms with Crippen LogP contribution in [-0.2, 0) is 9.53 Å². The van der Waals surface area contributed by atoms with E-state index in [1.807, 2.05) is 24.3 Å². The smallest absolute Gasteiger partial charge is 0.309 e. The fraction of sp³-hybridized carbons (Fsp3) is 0.346. The fourth-order valence-electron chi connectivity index (χ4n) is 4.22. The van der Waals surface area contributed by atoms with Crippen molar-refractivity contribution in [3.8, 4) is 28.4 Å². The quantitative estimate of drug-likeness (QED) is 0.443. The van der Waals surface area contributed by atoms with Crippen LogP contribution in [0.25, 0.3) is 16.9 Å². The lowest BCUT2D eigenvalue weighted by Gasteiger charge is -2.30. The minimum absolute atomic E-state index is 0.168. The van der Waals surface area contributed by atoms with Gasteiger partial charge < -0.3 is 19.1 Å². The zero-order chi connectivity index (χ0) is 24.9. The lowest BCUT2D eigenvalue weighted by molar-refractivity contribution is -0.149. The molecule has 1 saturated heterocycles. The lowest BCUT2D eigenvalue weighted by Crippen LogP contribution is -2.41. The summed E-state index contributed by atoms with van der Waals surface area (Å²) < 4.78 is 17.6. The van der Waals surface area contributed by atoms with Gasteiger partial charge in [0.05, 0.1) is 38.1 Å². The Labute approximate surface area is 209 Å². The number of hydrogen-bond donors (Lipinski definition) is 0. The average Bonchev–Trinajstić information content (AvgIpc) is 3.33. The summed E-state index contributed by atoms with van der Waals surface area (Å²) in [5, 5.41) is 5.29. The molecule has 2 heterocycles. The Bertz CT molecular complexity index is 1220. The molecule has 3 aromatic rings. The Morgan fingerprint density at radius 2 is 1.83 bits per heavy atom. The summed E-state index contributed by atoms with van der Waals surface area (Å²) in [6.45, 7) is 3.08. The second-order valence-corrected chi connectivity index (χ2v) is 8.63. The zero-order valence-electron chi connectivity index (χ0n) is 20.0. The molecule has 1 aromatic heterocycles. The van der Waals surface area contributed by atoms with E-state index in [2.05, 4.69) is 0 Å². The van der Waals surface area contributed by atoms with Gasteiger partial charge in [0.25, 0.3) is 5.91 Å². The van der Waals surface area contributed by atoms with E-state index in [9.17, 15) is 9.59 Å². The summed E-state index contributed by atoms with van der Waals surface area (Å²) in [7, 11) is 3.16. The first-order valence-corrected chi connectivity index (χ1v) is 11.9. The van der Waals surface area contributed by atoms with Crippen molar-refractivity contribution in [3.05, 3.63) is 59.2 Å². The number of likely N-dealkylation sites (tertiary alicyclic amines) is 1. The van der Waals surface area contributed by atoms with E-state index in [1.165, 1.54) is 0 Å². The van der Waals surface area contributed by atoms with Gasteiger partial charge in [-0.2, -0.15) is 5.10 Å². The first-order chi connectivity index (χ1) is 16.9. The summed E-state index contributed by atoms with van der Waals surface area (Å²) in [4.78, 5) is 27.5. The van der Waals surface area contributed by atoms with E-state index in [1.54, 1.807) is 55.0 Å². The molecule has 0 aliphatic carbocycles. The van der Waals surface area contributed by atoms with Gasteiger partial charge in [-0.3, -0.25) is 9.59 Å². The number of nitrogens with zero attached hydrogens (tertiary/aromatic N) is 3. The first kappa shape index (κ1) is 24.6. The topological polar surface area (TPSA) is 82.9 Å². The van der Waals surface area contributed by atoms with E-state index in [0.717, 1.165) is 5.56 Å². The number of methoxy groups -OCH3 is 2. The van der Waals surface area contributed by atoms with E-state index in [4.69, 9.17) is 30.9 Å². The number of carbonyl (C=O) groups excluding carboxylic acids is 2. The first-order valence-electron chi connectivity index (χ1n) is 11.5. The van der Waals surface area contributed by atoms with Crippen LogP contribution < -0.4 is 9.47 Å². The molecular formula is C26H28ClN3O5. The van der Waals surface area contributed by atoms with Crippen LogP contribution in [0.5, 0.6) is 11.5 Å². The van der Waals surface area contributed by atoms with Crippen molar-refractivity contribution in [2.75, 3.05) is 33.9 Å². The molecule has 1 aliphatic heterocycles. The van der Waals surface area contributed by atoms with Crippen molar-refractivity contribution in [2.45, 2.75) is 19.8 Å². The lowest BCUT2D eigenvalue weighted by atomic mass is 9.97. The van der Waals surface area contributed by atoms with Crippen molar-refractivity contribution in [2.24, 2.45) is 5.92 Å². The van der Waals surface area contributed by atoms with Crippen molar-refractivity contribution in [3.63, 3.8) is 0 Å². The highest BCUT2D eigenvalue weighted by atomic mass is 35.5.